The first-order chi connectivity index (χ1) is 12.5. The molecular weight excluding hydrogens is 344 g/mol. The van der Waals surface area contributed by atoms with Crippen molar-refractivity contribution in [3.8, 4) is 11.4 Å². The minimum Gasteiger partial charge on any atom is -0.325 e. The summed E-state index contributed by atoms with van der Waals surface area (Å²) in [7, 11) is 0. The monoisotopic (exact) mass is 366 g/mol. The summed E-state index contributed by atoms with van der Waals surface area (Å²) in [6.07, 6.45) is 1.01. The van der Waals surface area contributed by atoms with E-state index in [0.717, 1.165) is 23.2 Å². The van der Waals surface area contributed by atoms with Gasteiger partial charge in [0.1, 0.15) is 0 Å². The van der Waals surface area contributed by atoms with E-state index in [1.54, 1.807) is 0 Å². The maximum absolute atomic E-state index is 12.2. The number of H-pyrrole nitrogens is 1. The fourth-order valence-electron chi connectivity index (χ4n) is 2.61. The molecule has 1 amide bonds. The number of hydrogen-bond acceptors (Lipinski definition) is 4. The lowest BCUT2D eigenvalue weighted by Gasteiger charge is -2.08. The largest absolute Gasteiger partial charge is 0.325 e. The molecule has 0 radical (unpaired) electrons. The summed E-state index contributed by atoms with van der Waals surface area (Å²) < 4.78 is 0. The second-order valence-corrected chi connectivity index (χ2v) is 7.15. The number of carbonyl (C=O) groups excluding carboxylic acids is 1. The molecule has 2 aromatic carbocycles. The van der Waals surface area contributed by atoms with Crippen molar-refractivity contribution < 1.29 is 4.79 Å². The number of benzene rings is 2. The van der Waals surface area contributed by atoms with Gasteiger partial charge in [0.25, 0.3) is 0 Å². The van der Waals surface area contributed by atoms with Crippen molar-refractivity contribution in [1.82, 2.24) is 15.2 Å². The van der Waals surface area contributed by atoms with Gasteiger partial charge in [0.2, 0.25) is 5.91 Å². The zero-order valence-corrected chi connectivity index (χ0v) is 16.0. The maximum atomic E-state index is 12.2. The summed E-state index contributed by atoms with van der Waals surface area (Å²) in [6.45, 7) is 6.15. The van der Waals surface area contributed by atoms with Crippen molar-refractivity contribution in [3.63, 3.8) is 0 Å². The Morgan fingerprint density at radius 2 is 1.88 bits per heavy atom. The van der Waals surface area contributed by atoms with Gasteiger partial charge in [-0.2, -0.15) is 0 Å². The maximum Gasteiger partial charge on any atom is 0.234 e. The van der Waals surface area contributed by atoms with Gasteiger partial charge >= 0.3 is 0 Å². The highest BCUT2D eigenvalue weighted by Crippen LogP contribution is 2.21. The number of rotatable bonds is 6. The van der Waals surface area contributed by atoms with Crippen LogP contribution in [0.4, 0.5) is 5.69 Å². The van der Waals surface area contributed by atoms with Crippen molar-refractivity contribution in [2.24, 2.45) is 0 Å². The highest BCUT2D eigenvalue weighted by molar-refractivity contribution is 7.99. The number of carbonyl (C=O) groups is 1. The van der Waals surface area contributed by atoms with E-state index in [2.05, 4.69) is 45.6 Å². The molecule has 6 heteroatoms. The molecule has 0 aliphatic heterocycles. The van der Waals surface area contributed by atoms with E-state index >= 15 is 0 Å². The first-order valence-electron chi connectivity index (χ1n) is 8.57. The minimum absolute atomic E-state index is 0.0628. The van der Waals surface area contributed by atoms with Crippen LogP contribution in [0.1, 0.15) is 23.6 Å². The van der Waals surface area contributed by atoms with Gasteiger partial charge in [0.15, 0.2) is 11.0 Å². The first-order valence-corrected chi connectivity index (χ1v) is 9.55. The number of hydrogen-bond donors (Lipinski definition) is 2. The highest BCUT2D eigenvalue weighted by atomic mass is 32.2. The van der Waals surface area contributed by atoms with Gasteiger partial charge in [-0.05, 0) is 37.5 Å². The van der Waals surface area contributed by atoms with Crippen LogP contribution in [0.2, 0.25) is 0 Å². The number of nitrogens with zero attached hydrogens (tertiary/aromatic N) is 2. The number of amides is 1. The van der Waals surface area contributed by atoms with E-state index in [9.17, 15) is 4.79 Å². The van der Waals surface area contributed by atoms with Crippen LogP contribution in [0, 0.1) is 13.8 Å². The van der Waals surface area contributed by atoms with Crippen molar-refractivity contribution in [2.75, 3.05) is 11.1 Å². The molecule has 5 nitrogen and oxygen atoms in total. The smallest absolute Gasteiger partial charge is 0.234 e. The molecule has 3 aromatic rings. The molecule has 0 aliphatic carbocycles. The van der Waals surface area contributed by atoms with Crippen molar-refractivity contribution in [1.29, 1.82) is 0 Å². The predicted octanol–water partition coefficient (Wildman–Crippen LogP) is 4.38. The second-order valence-electron chi connectivity index (χ2n) is 6.18. The summed E-state index contributed by atoms with van der Waals surface area (Å²) in [6, 6.07) is 14.2. The summed E-state index contributed by atoms with van der Waals surface area (Å²) in [5.41, 5.74) is 5.35. The lowest BCUT2D eigenvalue weighted by Crippen LogP contribution is -2.15. The highest BCUT2D eigenvalue weighted by Gasteiger charge is 2.10. The molecule has 3 rings (SSSR count). The van der Waals surface area contributed by atoms with E-state index in [0.29, 0.717) is 11.0 Å². The van der Waals surface area contributed by atoms with Gasteiger partial charge in [-0.3, -0.25) is 4.79 Å². The normalized spacial score (nSPS) is 10.7. The van der Waals surface area contributed by atoms with Crippen molar-refractivity contribution in [2.45, 2.75) is 32.3 Å². The van der Waals surface area contributed by atoms with Gasteiger partial charge in [-0.25, -0.2) is 0 Å². The number of anilines is 1. The number of aromatic nitrogens is 3. The fraction of sp³-hybridized carbons (Fsp3) is 0.250. The molecule has 0 aliphatic rings. The third kappa shape index (κ3) is 4.52. The average molecular weight is 366 g/mol. The van der Waals surface area contributed by atoms with E-state index in [4.69, 9.17) is 0 Å². The summed E-state index contributed by atoms with van der Waals surface area (Å²) in [5.74, 6) is 0.925. The van der Waals surface area contributed by atoms with Crippen LogP contribution in [-0.2, 0) is 11.2 Å². The molecule has 0 atom stereocenters. The first kappa shape index (κ1) is 18.2. The van der Waals surface area contributed by atoms with E-state index in [-0.39, 0.29) is 11.7 Å². The molecule has 26 heavy (non-hydrogen) atoms. The van der Waals surface area contributed by atoms with Crippen molar-refractivity contribution >= 4 is 23.4 Å². The molecule has 0 saturated heterocycles. The third-order valence-electron chi connectivity index (χ3n) is 4.10. The number of aryl methyl sites for hydroxylation is 3. The standard InChI is InChI=1S/C20H22N4OS/c1-4-15-6-8-16(9-7-15)19-22-20(24-23-19)26-12-18(25)21-17-10-5-13(2)11-14(17)3/h5-11H,4,12H2,1-3H3,(H,21,25)(H,22,23,24). The molecule has 134 valence electrons. The molecule has 1 heterocycles. The predicted molar refractivity (Wildman–Crippen MR) is 106 cm³/mol. The van der Waals surface area contributed by atoms with Gasteiger partial charge in [-0.15, -0.1) is 10.2 Å². The zero-order valence-electron chi connectivity index (χ0n) is 15.2. The summed E-state index contributed by atoms with van der Waals surface area (Å²) >= 11 is 1.34. The molecule has 0 fully saturated rings. The summed E-state index contributed by atoms with van der Waals surface area (Å²) in [5, 5.41) is 11.9. The van der Waals surface area contributed by atoms with E-state index < -0.39 is 0 Å². The van der Waals surface area contributed by atoms with Crippen LogP contribution >= 0.6 is 11.8 Å². The minimum atomic E-state index is -0.0628. The third-order valence-corrected chi connectivity index (χ3v) is 4.96. The van der Waals surface area contributed by atoms with Crippen LogP contribution in [0.3, 0.4) is 0 Å². The molecule has 0 spiro atoms. The summed E-state index contributed by atoms with van der Waals surface area (Å²) in [4.78, 5) is 15.3. The Balaban J connectivity index is 1.58. The molecule has 0 saturated carbocycles. The van der Waals surface area contributed by atoms with Crippen LogP contribution in [0.5, 0.6) is 0 Å². The lowest BCUT2D eigenvalue weighted by molar-refractivity contribution is -0.113. The molecule has 2 N–H and O–H groups in total. The van der Waals surface area contributed by atoms with Crippen LogP contribution in [0.15, 0.2) is 47.6 Å². The van der Waals surface area contributed by atoms with Crippen molar-refractivity contribution in [3.05, 3.63) is 59.2 Å². The molecule has 0 unspecified atom stereocenters. The van der Waals surface area contributed by atoms with Gasteiger partial charge in [-0.1, -0.05) is 60.6 Å². The topological polar surface area (TPSA) is 70.7 Å². The van der Waals surface area contributed by atoms with Crippen LogP contribution < -0.4 is 5.32 Å². The Bertz CT molecular complexity index is 902. The van der Waals surface area contributed by atoms with Crippen LogP contribution in [-0.4, -0.2) is 26.8 Å². The van der Waals surface area contributed by atoms with E-state index in [1.165, 1.54) is 22.9 Å². The van der Waals surface area contributed by atoms with E-state index in [1.807, 2.05) is 38.1 Å². The van der Waals surface area contributed by atoms with Gasteiger partial charge < -0.3 is 10.3 Å². The Morgan fingerprint density at radius 3 is 2.58 bits per heavy atom. The number of aromatic amines is 1. The fourth-order valence-corrected chi connectivity index (χ4v) is 3.22. The number of thioether (sulfide) groups is 1. The lowest BCUT2D eigenvalue weighted by atomic mass is 10.1. The SMILES string of the molecule is CCc1ccc(-c2nnc(SCC(=O)Nc3ccc(C)cc3C)[nH]2)cc1. The quantitative estimate of drug-likeness (QED) is 0.635. The molecular formula is C20H22N4OS. The second kappa shape index (κ2) is 8.19. The molecule has 0 bridgehead atoms. The molecule has 1 aromatic heterocycles. The van der Waals surface area contributed by atoms with Crippen LogP contribution in [0.25, 0.3) is 11.4 Å². The average Bonchev–Trinajstić information content (AvgIpc) is 3.11. The Labute approximate surface area is 157 Å². The zero-order chi connectivity index (χ0) is 18.5. The Kier molecular flexibility index (Phi) is 5.73. The Hall–Kier alpha value is -2.60. The van der Waals surface area contributed by atoms with Gasteiger partial charge in [0, 0.05) is 11.3 Å². The van der Waals surface area contributed by atoms with Gasteiger partial charge in [0.05, 0.1) is 5.75 Å². The number of nitrogens with one attached hydrogen (secondary N) is 2. The Morgan fingerprint density at radius 1 is 1.12 bits per heavy atom.